The van der Waals surface area contributed by atoms with Crippen LogP contribution in [0, 0.1) is 12.3 Å². The van der Waals surface area contributed by atoms with E-state index < -0.39 is 11.4 Å². The molecule has 0 bridgehead atoms. The Morgan fingerprint density at radius 1 is 1.43 bits per heavy atom. The van der Waals surface area contributed by atoms with E-state index in [0.717, 1.165) is 18.0 Å². The normalized spacial score (nSPS) is 17.5. The summed E-state index contributed by atoms with van der Waals surface area (Å²) in [6, 6.07) is -0.235. The van der Waals surface area contributed by atoms with Gasteiger partial charge in [-0.15, -0.1) is 0 Å². The third-order valence-electron chi connectivity index (χ3n) is 3.93. The van der Waals surface area contributed by atoms with E-state index in [1.54, 1.807) is 11.8 Å². The SMILES string of the molecule is CCCC1(C(=O)O)CCN(C(=O)Nc2nc(C)ns2)CC1. The minimum Gasteiger partial charge on any atom is -0.481 e. The number of carbonyl (C=O) groups excluding carboxylic acids is 1. The topological polar surface area (TPSA) is 95.4 Å². The number of carbonyl (C=O) groups is 2. The predicted octanol–water partition coefficient (Wildman–Crippen LogP) is 2.35. The fraction of sp³-hybridized carbons (Fsp3) is 0.692. The number of hydrogen-bond donors (Lipinski definition) is 2. The quantitative estimate of drug-likeness (QED) is 0.889. The molecule has 1 aliphatic rings. The number of anilines is 1. The van der Waals surface area contributed by atoms with Gasteiger partial charge in [-0.05, 0) is 26.2 Å². The van der Waals surface area contributed by atoms with Crippen LogP contribution in [0.4, 0.5) is 9.93 Å². The molecular weight excluding hydrogens is 292 g/mol. The number of aromatic nitrogens is 2. The molecule has 0 aromatic carbocycles. The molecule has 0 atom stereocenters. The summed E-state index contributed by atoms with van der Waals surface area (Å²) in [5.74, 6) is -0.119. The van der Waals surface area contributed by atoms with E-state index >= 15 is 0 Å². The fourth-order valence-electron chi connectivity index (χ4n) is 2.71. The molecule has 116 valence electrons. The standard InChI is InChI=1S/C13H20N4O3S/c1-3-4-13(10(18)19)5-7-17(8-6-13)12(20)15-11-14-9(2)16-21-11/h3-8H2,1-2H3,(H,18,19)(H,14,15,16,20). The number of likely N-dealkylation sites (tertiary alicyclic amines) is 1. The Labute approximate surface area is 127 Å². The predicted molar refractivity (Wildman–Crippen MR) is 79.4 cm³/mol. The van der Waals surface area contributed by atoms with Crippen molar-refractivity contribution >= 4 is 28.7 Å². The highest BCUT2D eigenvalue weighted by Gasteiger charge is 2.41. The number of nitrogens with zero attached hydrogens (tertiary/aromatic N) is 3. The minimum atomic E-state index is -0.746. The van der Waals surface area contributed by atoms with Crippen molar-refractivity contribution in [3.05, 3.63) is 5.82 Å². The first-order valence-electron chi connectivity index (χ1n) is 7.06. The maximum absolute atomic E-state index is 12.1. The molecule has 1 fully saturated rings. The molecule has 7 nitrogen and oxygen atoms in total. The van der Waals surface area contributed by atoms with Crippen molar-refractivity contribution in [2.75, 3.05) is 18.4 Å². The van der Waals surface area contributed by atoms with Crippen LogP contribution >= 0.6 is 11.5 Å². The number of aliphatic carboxylic acids is 1. The summed E-state index contributed by atoms with van der Waals surface area (Å²) in [6.45, 7) is 4.66. The smallest absolute Gasteiger partial charge is 0.323 e. The minimum absolute atomic E-state index is 0.235. The third kappa shape index (κ3) is 3.49. The van der Waals surface area contributed by atoms with E-state index in [9.17, 15) is 14.7 Å². The van der Waals surface area contributed by atoms with Gasteiger partial charge in [0.25, 0.3) is 0 Å². The first-order chi connectivity index (χ1) is 9.97. The third-order valence-corrected chi connectivity index (χ3v) is 4.65. The van der Waals surface area contributed by atoms with Crippen LogP contribution in [0.5, 0.6) is 0 Å². The van der Waals surface area contributed by atoms with Crippen LogP contribution in [-0.2, 0) is 4.79 Å². The molecule has 0 saturated carbocycles. The first-order valence-corrected chi connectivity index (χ1v) is 7.84. The Morgan fingerprint density at radius 3 is 2.57 bits per heavy atom. The molecule has 1 aromatic rings. The van der Waals surface area contributed by atoms with Crippen molar-refractivity contribution in [1.29, 1.82) is 0 Å². The Kier molecular flexibility index (Phi) is 4.76. The second kappa shape index (κ2) is 6.38. The summed E-state index contributed by atoms with van der Waals surface area (Å²) in [5, 5.41) is 12.6. The van der Waals surface area contributed by atoms with E-state index in [2.05, 4.69) is 14.7 Å². The summed E-state index contributed by atoms with van der Waals surface area (Å²) in [6.07, 6.45) is 2.49. The van der Waals surface area contributed by atoms with Crippen molar-refractivity contribution in [2.45, 2.75) is 39.5 Å². The second-order valence-electron chi connectivity index (χ2n) is 5.40. The van der Waals surface area contributed by atoms with Gasteiger partial charge in [0.05, 0.1) is 5.41 Å². The summed E-state index contributed by atoms with van der Waals surface area (Å²) < 4.78 is 4.01. The molecule has 0 radical (unpaired) electrons. The number of rotatable bonds is 4. The number of nitrogens with one attached hydrogen (secondary N) is 1. The van der Waals surface area contributed by atoms with Crippen LogP contribution in [0.3, 0.4) is 0 Å². The zero-order valence-electron chi connectivity index (χ0n) is 12.3. The zero-order chi connectivity index (χ0) is 15.5. The Bertz CT molecular complexity index is 523. The Hall–Kier alpha value is -1.70. The van der Waals surface area contributed by atoms with E-state index in [4.69, 9.17) is 0 Å². The van der Waals surface area contributed by atoms with Gasteiger partial charge < -0.3 is 10.0 Å². The monoisotopic (exact) mass is 312 g/mol. The van der Waals surface area contributed by atoms with E-state index in [1.165, 1.54) is 0 Å². The summed E-state index contributed by atoms with van der Waals surface area (Å²) >= 11 is 1.14. The van der Waals surface area contributed by atoms with Gasteiger partial charge in [0.15, 0.2) is 0 Å². The summed E-state index contributed by atoms with van der Waals surface area (Å²) in [5.41, 5.74) is -0.676. The largest absolute Gasteiger partial charge is 0.481 e. The van der Waals surface area contributed by atoms with Crippen molar-refractivity contribution in [3.63, 3.8) is 0 Å². The van der Waals surface area contributed by atoms with Crippen LogP contribution in [-0.4, -0.2) is 44.5 Å². The number of urea groups is 1. The van der Waals surface area contributed by atoms with Gasteiger partial charge >= 0.3 is 12.0 Å². The second-order valence-corrected chi connectivity index (χ2v) is 6.15. The molecule has 0 unspecified atom stereocenters. The number of amides is 2. The molecular formula is C13H20N4O3S. The summed E-state index contributed by atoms with van der Waals surface area (Å²) in [7, 11) is 0. The molecule has 1 saturated heterocycles. The van der Waals surface area contributed by atoms with Crippen molar-refractivity contribution in [1.82, 2.24) is 14.3 Å². The molecule has 1 aliphatic heterocycles. The van der Waals surface area contributed by atoms with Crippen molar-refractivity contribution in [2.24, 2.45) is 5.41 Å². The van der Waals surface area contributed by atoms with Gasteiger partial charge in [-0.2, -0.15) is 4.37 Å². The van der Waals surface area contributed by atoms with Gasteiger partial charge in [-0.25, -0.2) is 9.78 Å². The molecule has 0 aliphatic carbocycles. The maximum Gasteiger partial charge on any atom is 0.323 e. The fourth-order valence-corrected chi connectivity index (χ4v) is 3.27. The molecule has 2 heterocycles. The number of hydrogen-bond acceptors (Lipinski definition) is 5. The van der Waals surface area contributed by atoms with Gasteiger partial charge in [-0.1, -0.05) is 13.3 Å². The number of carboxylic acids is 1. The lowest BCUT2D eigenvalue weighted by molar-refractivity contribution is -0.152. The molecule has 2 N–H and O–H groups in total. The Morgan fingerprint density at radius 2 is 2.10 bits per heavy atom. The molecule has 1 aromatic heterocycles. The van der Waals surface area contributed by atoms with E-state index in [0.29, 0.717) is 43.3 Å². The molecule has 2 rings (SSSR count). The van der Waals surface area contributed by atoms with Crippen molar-refractivity contribution in [3.8, 4) is 0 Å². The lowest BCUT2D eigenvalue weighted by atomic mass is 9.75. The number of aryl methyl sites for hydroxylation is 1. The highest BCUT2D eigenvalue weighted by Crippen LogP contribution is 2.36. The molecule has 8 heteroatoms. The average Bonchev–Trinajstić information content (AvgIpc) is 2.85. The van der Waals surface area contributed by atoms with Crippen LogP contribution in [0.25, 0.3) is 0 Å². The van der Waals surface area contributed by atoms with Gasteiger partial charge in [-0.3, -0.25) is 10.1 Å². The average molecular weight is 312 g/mol. The number of carboxylic acid groups (broad SMARTS) is 1. The van der Waals surface area contributed by atoms with Crippen LogP contribution in [0.2, 0.25) is 0 Å². The highest BCUT2D eigenvalue weighted by molar-refractivity contribution is 7.09. The molecule has 21 heavy (non-hydrogen) atoms. The molecule has 2 amide bonds. The first kappa shape index (κ1) is 15.7. The molecule has 0 spiro atoms. The van der Waals surface area contributed by atoms with Gasteiger partial charge in [0.2, 0.25) is 5.13 Å². The number of piperidine rings is 1. The van der Waals surface area contributed by atoms with E-state index in [1.807, 2.05) is 6.92 Å². The van der Waals surface area contributed by atoms with E-state index in [-0.39, 0.29) is 6.03 Å². The van der Waals surface area contributed by atoms with Crippen molar-refractivity contribution < 1.29 is 14.7 Å². The van der Waals surface area contributed by atoms with Crippen LogP contribution in [0.15, 0.2) is 0 Å². The zero-order valence-corrected chi connectivity index (χ0v) is 13.1. The summed E-state index contributed by atoms with van der Waals surface area (Å²) in [4.78, 5) is 29.4. The Balaban J connectivity index is 1.93. The maximum atomic E-state index is 12.1. The van der Waals surface area contributed by atoms with Crippen LogP contribution < -0.4 is 5.32 Å². The van der Waals surface area contributed by atoms with Crippen LogP contribution in [0.1, 0.15) is 38.4 Å². The highest BCUT2D eigenvalue weighted by atomic mass is 32.1. The lowest BCUT2D eigenvalue weighted by Crippen LogP contribution is -2.47. The van der Waals surface area contributed by atoms with Gasteiger partial charge in [0, 0.05) is 24.6 Å². The van der Waals surface area contributed by atoms with Gasteiger partial charge in [0.1, 0.15) is 5.82 Å². The lowest BCUT2D eigenvalue weighted by Gasteiger charge is -2.38.